The molecule has 0 aliphatic rings. The third-order valence-electron chi connectivity index (χ3n) is 3.75. The number of halogens is 2. The normalized spacial score (nSPS) is 10.6. The molecule has 0 atom stereocenters. The minimum atomic E-state index is -0.441. The van der Waals surface area contributed by atoms with Gasteiger partial charge in [0.15, 0.2) is 6.61 Å². The number of carbonyl (C=O) groups excluding carboxylic acids is 1. The number of carbonyl (C=O) groups is 1. The highest BCUT2D eigenvalue weighted by molar-refractivity contribution is 6.35. The molecule has 0 radical (unpaired) electrons. The molecule has 6 nitrogen and oxygen atoms in total. The van der Waals surface area contributed by atoms with Crippen LogP contribution in [-0.2, 0) is 17.6 Å². The van der Waals surface area contributed by atoms with E-state index in [-0.39, 0.29) is 12.6 Å². The molecule has 1 N–H and O–H groups in total. The molecular formula is C19H17Cl2N3O3. The largest absolute Gasteiger partial charge is 0.482 e. The number of rotatable bonds is 7. The van der Waals surface area contributed by atoms with E-state index in [0.717, 1.165) is 12.0 Å². The number of hydrogen-bond donors (Lipinski definition) is 1. The standard InChI is InChI=1S/C19H17Cl2N3O3/c1-2-12-3-5-13(6-4-12)9-18-23-24-19(27-18)22-17(25)11-26-16-8-7-14(20)10-15(16)21/h3-8,10H,2,9,11H2,1H3,(H,22,24,25). The van der Waals surface area contributed by atoms with Gasteiger partial charge in [0.25, 0.3) is 5.91 Å². The quantitative estimate of drug-likeness (QED) is 0.623. The minimum absolute atomic E-state index is 0.0194. The molecule has 0 saturated carbocycles. The van der Waals surface area contributed by atoms with E-state index in [9.17, 15) is 4.79 Å². The van der Waals surface area contributed by atoms with Crippen molar-refractivity contribution in [3.05, 3.63) is 69.5 Å². The van der Waals surface area contributed by atoms with Gasteiger partial charge in [-0.15, -0.1) is 5.10 Å². The molecule has 1 aromatic heterocycles. The summed E-state index contributed by atoms with van der Waals surface area (Å²) in [6, 6.07) is 12.9. The van der Waals surface area contributed by atoms with Gasteiger partial charge in [-0.2, -0.15) is 0 Å². The Balaban J connectivity index is 1.52. The fourth-order valence-electron chi connectivity index (χ4n) is 2.33. The van der Waals surface area contributed by atoms with E-state index in [1.165, 1.54) is 11.6 Å². The molecule has 0 fully saturated rings. The van der Waals surface area contributed by atoms with Crippen LogP contribution in [-0.4, -0.2) is 22.7 Å². The third-order valence-corrected chi connectivity index (χ3v) is 4.28. The number of nitrogens with zero attached hydrogens (tertiary/aromatic N) is 2. The third kappa shape index (κ3) is 5.45. The summed E-state index contributed by atoms with van der Waals surface area (Å²) in [5, 5.41) is 11.1. The van der Waals surface area contributed by atoms with Gasteiger partial charge in [0.05, 0.1) is 11.4 Å². The highest BCUT2D eigenvalue weighted by atomic mass is 35.5. The Kier molecular flexibility index (Phi) is 6.32. The SMILES string of the molecule is CCc1ccc(Cc2nnc(NC(=O)COc3ccc(Cl)cc3Cl)o2)cc1. The van der Waals surface area contributed by atoms with E-state index in [2.05, 4.69) is 34.6 Å². The van der Waals surface area contributed by atoms with E-state index in [1.54, 1.807) is 12.1 Å². The molecule has 0 bridgehead atoms. The van der Waals surface area contributed by atoms with Crippen LogP contribution in [0.4, 0.5) is 6.01 Å². The Morgan fingerprint density at radius 2 is 1.85 bits per heavy atom. The Hall–Kier alpha value is -2.57. The molecule has 1 amide bonds. The highest BCUT2D eigenvalue weighted by Gasteiger charge is 2.12. The lowest BCUT2D eigenvalue weighted by atomic mass is 10.1. The van der Waals surface area contributed by atoms with Crippen LogP contribution < -0.4 is 10.1 Å². The summed E-state index contributed by atoms with van der Waals surface area (Å²) in [5.74, 6) is 0.331. The molecule has 0 spiro atoms. The van der Waals surface area contributed by atoms with Crippen molar-refractivity contribution in [3.8, 4) is 5.75 Å². The van der Waals surface area contributed by atoms with Crippen LogP contribution in [0.3, 0.4) is 0 Å². The van der Waals surface area contributed by atoms with Crippen LogP contribution in [0, 0.1) is 0 Å². The van der Waals surface area contributed by atoms with Gasteiger partial charge >= 0.3 is 6.01 Å². The molecule has 3 rings (SSSR count). The van der Waals surface area contributed by atoms with Gasteiger partial charge in [0.2, 0.25) is 5.89 Å². The minimum Gasteiger partial charge on any atom is -0.482 e. The summed E-state index contributed by atoms with van der Waals surface area (Å²) in [5.41, 5.74) is 2.31. The fourth-order valence-corrected chi connectivity index (χ4v) is 2.80. The van der Waals surface area contributed by atoms with E-state index >= 15 is 0 Å². The summed E-state index contributed by atoms with van der Waals surface area (Å²) in [7, 11) is 0. The summed E-state index contributed by atoms with van der Waals surface area (Å²) in [6.07, 6.45) is 1.48. The lowest BCUT2D eigenvalue weighted by molar-refractivity contribution is -0.118. The first kappa shape index (κ1) is 19.2. The van der Waals surface area contributed by atoms with Crippen molar-refractivity contribution in [1.29, 1.82) is 0 Å². The highest BCUT2D eigenvalue weighted by Crippen LogP contribution is 2.27. The van der Waals surface area contributed by atoms with Crippen molar-refractivity contribution >= 4 is 35.1 Å². The van der Waals surface area contributed by atoms with E-state index < -0.39 is 5.91 Å². The second-order valence-electron chi connectivity index (χ2n) is 5.76. The van der Waals surface area contributed by atoms with Gasteiger partial charge in [-0.05, 0) is 35.7 Å². The molecule has 0 aliphatic heterocycles. The second kappa shape index (κ2) is 8.88. The fraction of sp³-hybridized carbons (Fsp3) is 0.211. The number of aromatic nitrogens is 2. The molecule has 0 unspecified atom stereocenters. The van der Waals surface area contributed by atoms with Crippen molar-refractivity contribution in [2.45, 2.75) is 19.8 Å². The number of benzene rings is 2. The Morgan fingerprint density at radius 1 is 1.11 bits per heavy atom. The molecule has 1 heterocycles. The number of hydrogen-bond acceptors (Lipinski definition) is 5. The topological polar surface area (TPSA) is 77.2 Å². The van der Waals surface area contributed by atoms with Gasteiger partial charge in [-0.1, -0.05) is 59.5 Å². The Labute approximate surface area is 166 Å². The molecule has 140 valence electrons. The maximum Gasteiger partial charge on any atom is 0.322 e. The maximum absolute atomic E-state index is 12.0. The number of aryl methyl sites for hydroxylation is 1. The lowest BCUT2D eigenvalue weighted by Gasteiger charge is -2.07. The summed E-state index contributed by atoms with van der Waals surface area (Å²) in [6.45, 7) is 1.85. The first-order valence-electron chi connectivity index (χ1n) is 8.31. The van der Waals surface area contributed by atoms with Gasteiger partial charge in [-0.25, -0.2) is 0 Å². The van der Waals surface area contributed by atoms with Gasteiger partial charge in [0.1, 0.15) is 5.75 Å². The lowest BCUT2D eigenvalue weighted by Crippen LogP contribution is -2.20. The monoisotopic (exact) mass is 405 g/mol. The zero-order chi connectivity index (χ0) is 19.2. The van der Waals surface area contributed by atoms with Crippen molar-refractivity contribution in [2.24, 2.45) is 0 Å². The second-order valence-corrected chi connectivity index (χ2v) is 6.60. The van der Waals surface area contributed by atoms with Gasteiger partial charge < -0.3 is 9.15 Å². The van der Waals surface area contributed by atoms with Crippen LogP contribution in [0.2, 0.25) is 10.0 Å². The average molecular weight is 406 g/mol. The predicted molar refractivity (Wildman–Crippen MR) is 104 cm³/mol. The van der Waals surface area contributed by atoms with E-state index in [1.807, 2.05) is 12.1 Å². The van der Waals surface area contributed by atoms with E-state index in [0.29, 0.717) is 28.1 Å². The average Bonchev–Trinajstić information content (AvgIpc) is 3.08. The Morgan fingerprint density at radius 3 is 2.56 bits per heavy atom. The first-order chi connectivity index (χ1) is 13.0. The number of nitrogens with one attached hydrogen (secondary N) is 1. The van der Waals surface area contributed by atoms with Crippen molar-refractivity contribution < 1.29 is 13.9 Å². The molecule has 27 heavy (non-hydrogen) atoms. The summed E-state index contributed by atoms with van der Waals surface area (Å²) >= 11 is 11.8. The van der Waals surface area contributed by atoms with Crippen molar-refractivity contribution in [2.75, 3.05) is 11.9 Å². The Bertz CT molecular complexity index is 926. The molecule has 0 saturated heterocycles. The number of ether oxygens (including phenoxy) is 1. The predicted octanol–water partition coefficient (Wildman–Crippen LogP) is 4.55. The van der Waals surface area contributed by atoms with Crippen LogP contribution >= 0.6 is 23.2 Å². The zero-order valence-corrected chi connectivity index (χ0v) is 16.0. The molecular weight excluding hydrogens is 389 g/mol. The smallest absolute Gasteiger partial charge is 0.322 e. The summed E-state index contributed by atoms with van der Waals surface area (Å²) in [4.78, 5) is 12.0. The van der Waals surface area contributed by atoms with Crippen LogP contribution in [0.1, 0.15) is 23.9 Å². The van der Waals surface area contributed by atoms with Crippen LogP contribution in [0.15, 0.2) is 46.9 Å². The molecule has 3 aromatic rings. The number of amides is 1. The summed E-state index contributed by atoms with van der Waals surface area (Å²) < 4.78 is 10.8. The van der Waals surface area contributed by atoms with Gasteiger partial charge in [-0.3, -0.25) is 10.1 Å². The van der Waals surface area contributed by atoms with Gasteiger partial charge in [0, 0.05) is 5.02 Å². The molecule has 2 aromatic carbocycles. The van der Waals surface area contributed by atoms with Crippen molar-refractivity contribution in [1.82, 2.24) is 10.2 Å². The maximum atomic E-state index is 12.0. The first-order valence-corrected chi connectivity index (χ1v) is 9.07. The number of anilines is 1. The van der Waals surface area contributed by atoms with Crippen LogP contribution in [0.5, 0.6) is 5.75 Å². The zero-order valence-electron chi connectivity index (χ0n) is 14.5. The van der Waals surface area contributed by atoms with E-state index in [4.69, 9.17) is 32.4 Å². The van der Waals surface area contributed by atoms with Crippen molar-refractivity contribution in [3.63, 3.8) is 0 Å². The molecule has 0 aliphatic carbocycles. The molecule has 8 heteroatoms. The van der Waals surface area contributed by atoms with Crippen LogP contribution in [0.25, 0.3) is 0 Å².